The number of nitrogens with one attached hydrogen (secondary N) is 1. The molecule has 6 nitrogen and oxygen atoms in total. The molecule has 4 aromatic rings. The lowest BCUT2D eigenvalue weighted by Gasteiger charge is -2.15. The number of hydrogen-bond donors (Lipinski definition) is 2. The topological polar surface area (TPSA) is 83.7 Å². The molecule has 0 aliphatic carbocycles. The van der Waals surface area contributed by atoms with Crippen LogP contribution in [0.3, 0.4) is 0 Å². The van der Waals surface area contributed by atoms with Crippen molar-refractivity contribution in [2.75, 3.05) is 5.32 Å². The number of phenolic OH excluding ortho intramolecular Hbond substituents is 1. The molecule has 2 heterocycles. The fraction of sp³-hybridized carbons (Fsp3) is 0.136. The molecule has 0 saturated heterocycles. The molecular formula is C22H19N3O3. The van der Waals surface area contributed by atoms with Gasteiger partial charge in [-0.15, -0.1) is 0 Å². The highest BCUT2D eigenvalue weighted by Gasteiger charge is 2.18. The van der Waals surface area contributed by atoms with E-state index in [2.05, 4.69) is 10.3 Å². The Morgan fingerprint density at radius 3 is 2.57 bits per heavy atom. The van der Waals surface area contributed by atoms with Crippen molar-refractivity contribution in [2.45, 2.75) is 19.9 Å². The number of para-hydroxylation sites is 2. The summed E-state index contributed by atoms with van der Waals surface area (Å²) >= 11 is 0. The van der Waals surface area contributed by atoms with Gasteiger partial charge < -0.3 is 10.4 Å². The number of hydrogen-bond acceptors (Lipinski definition) is 5. The van der Waals surface area contributed by atoms with Crippen molar-refractivity contribution in [3.8, 4) is 5.75 Å². The van der Waals surface area contributed by atoms with E-state index in [-0.39, 0.29) is 34.3 Å². The first-order valence-corrected chi connectivity index (χ1v) is 9.00. The summed E-state index contributed by atoms with van der Waals surface area (Å²) in [5, 5.41) is 13.8. The van der Waals surface area contributed by atoms with E-state index in [0.717, 1.165) is 0 Å². The molecule has 0 saturated carbocycles. The predicted octanol–water partition coefficient (Wildman–Crippen LogP) is 3.60. The Labute approximate surface area is 161 Å². The van der Waals surface area contributed by atoms with Crippen LogP contribution < -0.4 is 10.9 Å². The highest BCUT2D eigenvalue weighted by atomic mass is 16.3. The van der Waals surface area contributed by atoms with Gasteiger partial charge in [0.05, 0.1) is 22.2 Å². The number of phenols is 1. The van der Waals surface area contributed by atoms with E-state index >= 15 is 0 Å². The molecule has 0 unspecified atom stereocenters. The van der Waals surface area contributed by atoms with Gasteiger partial charge in [0, 0.05) is 17.8 Å². The second-order valence-electron chi connectivity index (χ2n) is 6.92. The largest absolute Gasteiger partial charge is 0.507 e. The third kappa shape index (κ3) is 2.99. The molecule has 2 aromatic carbocycles. The normalized spacial score (nSPS) is 11.2. The highest BCUT2D eigenvalue weighted by Crippen LogP contribution is 2.24. The Hall–Kier alpha value is -3.67. The Kier molecular flexibility index (Phi) is 4.31. The number of carbonyl (C=O) groups is 1. The molecule has 2 N–H and O–H groups in total. The van der Waals surface area contributed by atoms with E-state index in [1.807, 2.05) is 19.9 Å². The molecule has 2 aromatic heterocycles. The van der Waals surface area contributed by atoms with Gasteiger partial charge in [-0.3, -0.25) is 14.0 Å². The third-order valence-corrected chi connectivity index (χ3v) is 4.47. The third-order valence-electron chi connectivity index (χ3n) is 4.47. The average molecular weight is 373 g/mol. The Balaban J connectivity index is 2.02. The fourth-order valence-corrected chi connectivity index (χ4v) is 3.21. The first-order chi connectivity index (χ1) is 13.5. The first kappa shape index (κ1) is 17.7. The van der Waals surface area contributed by atoms with Gasteiger partial charge in [0.2, 0.25) is 0 Å². The van der Waals surface area contributed by atoms with Gasteiger partial charge in [0.15, 0.2) is 11.4 Å². The summed E-state index contributed by atoms with van der Waals surface area (Å²) in [6, 6.07) is 15.2. The summed E-state index contributed by atoms with van der Waals surface area (Å²) in [5.74, 6) is -0.471. The number of ketones is 1. The Bertz CT molecular complexity index is 1280. The van der Waals surface area contributed by atoms with Gasteiger partial charge in [0.25, 0.3) is 5.56 Å². The molecule has 0 atom stereocenters. The summed E-state index contributed by atoms with van der Waals surface area (Å²) in [5.41, 5.74) is 1.85. The maximum Gasteiger partial charge on any atom is 0.265 e. The number of pyridine rings is 1. The second-order valence-corrected chi connectivity index (χ2v) is 6.92. The van der Waals surface area contributed by atoms with Gasteiger partial charge in [-0.05, 0) is 44.2 Å². The minimum atomic E-state index is -0.369. The monoisotopic (exact) mass is 373 g/mol. The minimum absolute atomic E-state index is 0.0719. The molecule has 0 aliphatic rings. The average Bonchev–Trinajstić information content (AvgIpc) is 2.68. The smallest absolute Gasteiger partial charge is 0.265 e. The minimum Gasteiger partial charge on any atom is -0.507 e. The van der Waals surface area contributed by atoms with Crippen LogP contribution >= 0.6 is 0 Å². The molecule has 140 valence electrons. The molecule has 0 amide bonds. The number of nitrogens with zero attached hydrogens (tertiary/aromatic N) is 2. The first-order valence-electron chi connectivity index (χ1n) is 9.00. The van der Waals surface area contributed by atoms with Crippen LogP contribution in [0.25, 0.3) is 16.6 Å². The number of rotatable bonds is 4. The van der Waals surface area contributed by atoms with Gasteiger partial charge >= 0.3 is 0 Å². The van der Waals surface area contributed by atoms with Crippen LogP contribution in [-0.4, -0.2) is 26.3 Å². The lowest BCUT2D eigenvalue weighted by atomic mass is 10.0. The molecule has 28 heavy (non-hydrogen) atoms. The number of benzene rings is 2. The number of aromatic hydroxyl groups is 1. The summed E-state index contributed by atoms with van der Waals surface area (Å²) in [4.78, 5) is 30.7. The van der Waals surface area contributed by atoms with Gasteiger partial charge in [0.1, 0.15) is 5.75 Å². The van der Waals surface area contributed by atoms with Crippen LogP contribution in [0.2, 0.25) is 0 Å². The summed E-state index contributed by atoms with van der Waals surface area (Å²) in [6.07, 6.45) is 1.48. The number of aromatic nitrogens is 2. The molecule has 0 fully saturated rings. The Morgan fingerprint density at radius 1 is 1.11 bits per heavy atom. The van der Waals surface area contributed by atoms with Crippen LogP contribution in [0, 0.1) is 0 Å². The molecule has 0 aliphatic heterocycles. The number of anilines is 1. The molecule has 0 radical (unpaired) electrons. The lowest BCUT2D eigenvalue weighted by molar-refractivity contribution is 0.103. The van der Waals surface area contributed by atoms with Crippen molar-refractivity contribution in [2.24, 2.45) is 0 Å². The maximum absolute atomic E-state index is 13.0. The molecule has 4 rings (SSSR count). The van der Waals surface area contributed by atoms with Crippen LogP contribution in [0.1, 0.15) is 29.8 Å². The van der Waals surface area contributed by atoms with Crippen molar-refractivity contribution >= 4 is 28.0 Å². The summed E-state index contributed by atoms with van der Waals surface area (Å²) < 4.78 is 1.39. The van der Waals surface area contributed by atoms with Crippen LogP contribution in [0.15, 0.2) is 65.6 Å². The molecular weight excluding hydrogens is 354 g/mol. The van der Waals surface area contributed by atoms with Crippen molar-refractivity contribution in [3.63, 3.8) is 0 Å². The molecule has 0 spiro atoms. The predicted molar refractivity (Wildman–Crippen MR) is 109 cm³/mol. The quantitative estimate of drug-likeness (QED) is 0.422. The zero-order valence-electron chi connectivity index (χ0n) is 15.5. The van der Waals surface area contributed by atoms with Crippen LogP contribution in [-0.2, 0) is 0 Å². The summed E-state index contributed by atoms with van der Waals surface area (Å²) in [6.45, 7) is 3.93. The van der Waals surface area contributed by atoms with E-state index in [1.54, 1.807) is 42.5 Å². The maximum atomic E-state index is 13.0. The second kappa shape index (κ2) is 6.81. The molecule has 6 heteroatoms. The van der Waals surface area contributed by atoms with Crippen LogP contribution in [0.4, 0.5) is 5.69 Å². The van der Waals surface area contributed by atoms with Crippen molar-refractivity contribution in [1.29, 1.82) is 0 Å². The fourth-order valence-electron chi connectivity index (χ4n) is 3.21. The van der Waals surface area contributed by atoms with Gasteiger partial charge in [-0.1, -0.05) is 24.3 Å². The molecule has 0 bridgehead atoms. The van der Waals surface area contributed by atoms with Gasteiger partial charge in [-0.2, -0.15) is 0 Å². The van der Waals surface area contributed by atoms with Crippen molar-refractivity contribution in [3.05, 3.63) is 82.3 Å². The van der Waals surface area contributed by atoms with E-state index in [1.165, 1.54) is 16.7 Å². The van der Waals surface area contributed by atoms with Crippen LogP contribution in [0.5, 0.6) is 5.75 Å². The van der Waals surface area contributed by atoms with Crippen molar-refractivity contribution in [1.82, 2.24) is 9.38 Å². The Morgan fingerprint density at radius 2 is 1.82 bits per heavy atom. The van der Waals surface area contributed by atoms with Crippen molar-refractivity contribution < 1.29 is 9.90 Å². The van der Waals surface area contributed by atoms with Gasteiger partial charge in [-0.25, -0.2) is 4.98 Å². The summed E-state index contributed by atoms with van der Waals surface area (Å²) in [7, 11) is 0. The van der Waals surface area contributed by atoms with E-state index in [0.29, 0.717) is 22.2 Å². The van der Waals surface area contributed by atoms with E-state index in [9.17, 15) is 14.7 Å². The zero-order valence-corrected chi connectivity index (χ0v) is 15.5. The number of fused-ring (bicyclic) bond motifs is 2. The standard InChI is InChI=1S/C22H19N3O3/c1-13(2)23-18-11-14(20(27)16-8-4-6-10-19(16)26)12-25-21(18)24-17-9-5-3-7-15(17)22(25)28/h3-13,23,26H,1-2H3. The van der Waals surface area contributed by atoms with E-state index < -0.39 is 0 Å². The zero-order chi connectivity index (χ0) is 19.8. The SMILES string of the molecule is CC(C)Nc1cc(C(=O)c2ccccc2O)cn2c(=O)c3ccccc3nc12. The van der Waals surface area contributed by atoms with E-state index in [4.69, 9.17) is 0 Å². The number of carbonyl (C=O) groups excluding carboxylic acids is 1. The highest BCUT2D eigenvalue weighted by molar-refractivity contribution is 6.11. The lowest BCUT2D eigenvalue weighted by Crippen LogP contribution is -2.20.